The first-order valence-electron chi connectivity index (χ1n) is 7.36. The Morgan fingerprint density at radius 3 is 2.84 bits per heavy atom. The second kappa shape index (κ2) is 4.97. The number of nitrogens with zero attached hydrogens (tertiary/aromatic N) is 2. The first kappa shape index (κ1) is 12.7. The van der Waals surface area contributed by atoms with E-state index in [-0.39, 0.29) is 0 Å². The fourth-order valence-corrected chi connectivity index (χ4v) is 2.78. The van der Waals surface area contributed by atoms with Crippen molar-refractivity contribution in [2.45, 2.75) is 52.1 Å². The molecule has 0 radical (unpaired) electrons. The van der Waals surface area contributed by atoms with E-state index < -0.39 is 0 Å². The summed E-state index contributed by atoms with van der Waals surface area (Å²) in [7, 11) is 0. The van der Waals surface area contributed by atoms with Crippen LogP contribution in [0.2, 0.25) is 0 Å². The Morgan fingerprint density at radius 2 is 2.16 bits per heavy atom. The maximum Gasteiger partial charge on any atom is 0.106 e. The SMILES string of the molecule is Cc1nc2cc(CCNC3CC3)ccc2n1C(C)C. The van der Waals surface area contributed by atoms with Crippen LogP contribution in [0.5, 0.6) is 0 Å². The number of fused-ring (bicyclic) bond motifs is 1. The van der Waals surface area contributed by atoms with Gasteiger partial charge in [-0.3, -0.25) is 0 Å². The standard InChI is InChI=1S/C16H23N3/c1-11(2)19-12(3)18-15-10-13(4-7-16(15)19)8-9-17-14-5-6-14/h4,7,10-11,14,17H,5-6,8-9H2,1-3H3. The van der Waals surface area contributed by atoms with Crippen LogP contribution in [0.1, 0.15) is 44.1 Å². The number of imidazole rings is 1. The second-order valence-corrected chi connectivity index (χ2v) is 5.92. The summed E-state index contributed by atoms with van der Waals surface area (Å²) < 4.78 is 2.31. The molecule has 1 fully saturated rings. The summed E-state index contributed by atoms with van der Waals surface area (Å²) >= 11 is 0. The molecular formula is C16H23N3. The van der Waals surface area contributed by atoms with Crippen molar-refractivity contribution in [3.8, 4) is 0 Å². The van der Waals surface area contributed by atoms with E-state index in [0.717, 1.165) is 30.3 Å². The van der Waals surface area contributed by atoms with E-state index in [1.54, 1.807) is 0 Å². The molecule has 3 rings (SSSR count). The first-order valence-corrected chi connectivity index (χ1v) is 7.36. The van der Waals surface area contributed by atoms with Gasteiger partial charge in [0, 0.05) is 12.1 Å². The Morgan fingerprint density at radius 1 is 1.37 bits per heavy atom. The average Bonchev–Trinajstić information content (AvgIpc) is 3.10. The Balaban J connectivity index is 1.80. The minimum atomic E-state index is 0.465. The van der Waals surface area contributed by atoms with Crippen molar-refractivity contribution in [2.24, 2.45) is 0 Å². The third-order valence-corrected chi connectivity index (χ3v) is 3.87. The van der Waals surface area contributed by atoms with E-state index in [4.69, 9.17) is 4.98 Å². The van der Waals surface area contributed by atoms with E-state index in [0.29, 0.717) is 6.04 Å². The first-order chi connectivity index (χ1) is 9.15. The molecule has 3 nitrogen and oxygen atoms in total. The number of hydrogen-bond acceptors (Lipinski definition) is 2. The highest BCUT2D eigenvalue weighted by Gasteiger charge is 2.19. The summed E-state index contributed by atoms with van der Waals surface area (Å²) in [6.07, 6.45) is 3.81. The number of rotatable bonds is 5. The van der Waals surface area contributed by atoms with Crippen molar-refractivity contribution in [1.29, 1.82) is 0 Å². The quantitative estimate of drug-likeness (QED) is 0.891. The normalized spacial score (nSPS) is 15.6. The fourth-order valence-electron chi connectivity index (χ4n) is 2.78. The summed E-state index contributed by atoms with van der Waals surface area (Å²) in [5, 5.41) is 3.56. The Hall–Kier alpha value is -1.35. The lowest BCUT2D eigenvalue weighted by Gasteiger charge is -2.10. The topological polar surface area (TPSA) is 29.9 Å². The lowest BCUT2D eigenvalue weighted by molar-refractivity contribution is 0.600. The summed E-state index contributed by atoms with van der Waals surface area (Å²) in [5.41, 5.74) is 3.77. The van der Waals surface area contributed by atoms with E-state index in [2.05, 4.69) is 48.9 Å². The molecule has 0 bridgehead atoms. The van der Waals surface area contributed by atoms with Crippen LogP contribution in [0, 0.1) is 6.92 Å². The molecular weight excluding hydrogens is 234 g/mol. The third kappa shape index (κ3) is 2.66. The van der Waals surface area contributed by atoms with Crippen molar-refractivity contribution in [1.82, 2.24) is 14.9 Å². The largest absolute Gasteiger partial charge is 0.326 e. The van der Waals surface area contributed by atoms with Crippen LogP contribution < -0.4 is 5.32 Å². The molecule has 1 aromatic carbocycles. The molecule has 0 amide bonds. The van der Waals surface area contributed by atoms with E-state index >= 15 is 0 Å². The van der Waals surface area contributed by atoms with Gasteiger partial charge >= 0.3 is 0 Å². The van der Waals surface area contributed by atoms with Crippen LogP contribution in [0.3, 0.4) is 0 Å². The number of aromatic nitrogens is 2. The molecule has 1 aromatic heterocycles. The van der Waals surface area contributed by atoms with E-state index in [1.807, 2.05) is 0 Å². The van der Waals surface area contributed by atoms with Crippen molar-refractivity contribution in [3.63, 3.8) is 0 Å². The molecule has 102 valence electrons. The predicted octanol–water partition coefficient (Wildman–Crippen LogP) is 3.22. The predicted molar refractivity (Wildman–Crippen MR) is 79.6 cm³/mol. The van der Waals surface area contributed by atoms with Crippen LogP contribution in [0.15, 0.2) is 18.2 Å². The highest BCUT2D eigenvalue weighted by molar-refractivity contribution is 5.77. The molecule has 3 heteroatoms. The highest BCUT2D eigenvalue weighted by Crippen LogP contribution is 2.22. The zero-order chi connectivity index (χ0) is 13.4. The van der Waals surface area contributed by atoms with Crippen LogP contribution in [-0.4, -0.2) is 22.1 Å². The van der Waals surface area contributed by atoms with Gasteiger partial charge in [-0.2, -0.15) is 0 Å². The van der Waals surface area contributed by atoms with Crippen molar-refractivity contribution < 1.29 is 0 Å². The van der Waals surface area contributed by atoms with Gasteiger partial charge in [-0.25, -0.2) is 4.98 Å². The molecule has 2 aromatic rings. The molecule has 0 aliphatic heterocycles. The molecule has 0 spiro atoms. The van der Waals surface area contributed by atoms with E-state index in [1.165, 1.54) is 23.9 Å². The molecule has 1 aliphatic carbocycles. The van der Waals surface area contributed by atoms with Gasteiger partial charge in [-0.15, -0.1) is 0 Å². The van der Waals surface area contributed by atoms with Gasteiger partial charge in [0.1, 0.15) is 5.82 Å². The minimum absolute atomic E-state index is 0.465. The molecule has 1 saturated carbocycles. The van der Waals surface area contributed by atoms with Gasteiger partial charge in [-0.1, -0.05) is 6.07 Å². The van der Waals surface area contributed by atoms with Crippen LogP contribution >= 0.6 is 0 Å². The molecule has 1 N–H and O–H groups in total. The van der Waals surface area contributed by atoms with Gasteiger partial charge < -0.3 is 9.88 Å². The maximum atomic E-state index is 4.69. The number of nitrogens with one attached hydrogen (secondary N) is 1. The highest BCUT2D eigenvalue weighted by atomic mass is 15.1. The second-order valence-electron chi connectivity index (χ2n) is 5.92. The van der Waals surface area contributed by atoms with Crippen molar-refractivity contribution in [2.75, 3.05) is 6.54 Å². The monoisotopic (exact) mass is 257 g/mol. The Kier molecular flexibility index (Phi) is 3.31. The lowest BCUT2D eigenvalue weighted by Crippen LogP contribution is -2.19. The summed E-state index contributed by atoms with van der Waals surface area (Å²) in [6.45, 7) is 7.59. The molecule has 0 atom stereocenters. The van der Waals surface area contributed by atoms with Crippen LogP contribution in [-0.2, 0) is 6.42 Å². The maximum absolute atomic E-state index is 4.69. The van der Waals surface area contributed by atoms with Crippen LogP contribution in [0.4, 0.5) is 0 Å². The number of benzene rings is 1. The van der Waals surface area contributed by atoms with Gasteiger partial charge in [0.05, 0.1) is 11.0 Å². The number of aryl methyl sites for hydroxylation is 1. The van der Waals surface area contributed by atoms with Crippen LogP contribution in [0.25, 0.3) is 11.0 Å². The number of hydrogen-bond donors (Lipinski definition) is 1. The van der Waals surface area contributed by atoms with Crippen molar-refractivity contribution in [3.05, 3.63) is 29.6 Å². The Labute approximate surface area is 115 Å². The van der Waals surface area contributed by atoms with Gasteiger partial charge in [0.15, 0.2) is 0 Å². The zero-order valence-corrected chi connectivity index (χ0v) is 12.1. The Bertz CT molecular complexity index is 579. The van der Waals surface area contributed by atoms with Gasteiger partial charge in [0.25, 0.3) is 0 Å². The fraction of sp³-hybridized carbons (Fsp3) is 0.562. The zero-order valence-electron chi connectivity index (χ0n) is 12.1. The smallest absolute Gasteiger partial charge is 0.106 e. The minimum Gasteiger partial charge on any atom is -0.326 e. The molecule has 1 heterocycles. The molecule has 19 heavy (non-hydrogen) atoms. The van der Waals surface area contributed by atoms with Gasteiger partial charge in [-0.05, 0) is 64.3 Å². The summed E-state index contributed by atoms with van der Waals surface area (Å²) in [5.74, 6) is 1.11. The molecule has 0 unspecified atom stereocenters. The lowest BCUT2D eigenvalue weighted by atomic mass is 10.1. The average molecular weight is 257 g/mol. The van der Waals surface area contributed by atoms with E-state index in [9.17, 15) is 0 Å². The van der Waals surface area contributed by atoms with Gasteiger partial charge in [0.2, 0.25) is 0 Å². The third-order valence-electron chi connectivity index (χ3n) is 3.87. The molecule has 0 saturated heterocycles. The molecule has 1 aliphatic rings. The summed E-state index contributed by atoms with van der Waals surface area (Å²) in [6, 6.07) is 7.98. The van der Waals surface area contributed by atoms with Crippen molar-refractivity contribution >= 4 is 11.0 Å². The summed E-state index contributed by atoms with van der Waals surface area (Å²) in [4.78, 5) is 4.69.